The highest BCUT2D eigenvalue weighted by Crippen LogP contribution is 2.38. The zero-order valence-corrected chi connectivity index (χ0v) is 18.6. The molecule has 2 aliphatic heterocycles. The summed E-state index contributed by atoms with van der Waals surface area (Å²) in [5.74, 6) is 0.776. The number of aryl methyl sites for hydroxylation is 1. The van der Waals surface area contributed by atoms with E-state index >= 15 is 0 Å². The van der Waals surface area contributed by atoms with E-state index in [0.29, 0.717) is 25.3 Å². The van der Waals surface area contributed by atoms with Crippen LogP contribution >= 0.6 is 0 Å². The molecule has 1 amide bonds. The molecule has 31 heavy (non-hydrogen) atoms. The largest absolute Gasteiger partial charge is 0.367 e. The van der Waals surface area contributed by atoms with Gasteiger partial charge in [0.1, 0.15) is 11.9 Å². The Morgan fingerprint density at radius 1 is 1.35 bits per heavy atom. The molecule has 2 aromatic rings. The van der Waals surface area contributed by atoms with E-state index in [1.807, 2.05) is 33.8 Å². The van der Waals surface area contributed by atoms with Crippen molar-refractivity contribution in [3.63, 3.8) is 0 Å². The van der Waals surface area contributed by atoms with Gasteiger partial charge in [0.05, 0.1) is 11.4 Å². The summed E-state index contributed by atoms with van der Waals surface area (Å²) >= 11 is 0. The minimum absolute atomic E-state index is 0.0780. The van der Waals surface area contributed by atoms with Crippen LogP contribution in [-0.2, 0) is 11.8 Å². The number of likely N-dealkylation sites (tertiary alicyclic amines) is 1. The summed E-state index contributed by atoms with van der Waals surface area (Å²) in [6.07, 6.45) is 0.193. The number of aromatic nitrogens is 3. The lowest BCUT2D eigenvalue weighted by Crippen LogP contribution is -2.48. The van der Waals surface area contributed by atoms with E-state index in [4.69, 9.17) is 4.52 Å². The molecule has 0 bridgehead atoms. The zero-order valence-electron chi connectivity index (χ0n) is 18.6. The Morgan fingerprint density at radius 2 is 2.13 bits per heavy atom. The van der Waals surface area contributed by atoms with Gasteiger partial charge < -0.3 is 14.7 Å². The van der Waals surface area contributed by atoms with Crippen LogP contribution in [0, 0.1) is 5.92 Å². The van der Waals surface area contributed by atoms with E-state index in [-0.39, 0.29) is 35.5 Å². The summed E-state index contributed by atoms with van der Waals surface area (Å²) in [5, 5.41) is 11.8. The summed E-state index contributed by atoms with van der Waals surface area (Å²) in [6, 6.07) is 2.45. The number of rotatable bonds is 4. The monoisotopic (exact) mass is 435 g/mol. The van der Waals surface area contributed by atoms with Crippen LogP contribution in [0.15, 0.2) is 16.7 Å². The fourth-order valence-corrected chi connectivity index (χ4v) is 4.51. The molecule has 2 aliphatic rings. The SMILES string of the molecule is CCc1cc(C(=O)N2CCC[C@H]([C@@H]3C[C@H](C(F)F)n4nc(C(C)(C)C)cc4N3)C2)on1. The van der Waals surface area contributed by atoms with Crippen molar-refractivity contribution in [2.24, 2.45) is 5.92 Å². The number of nitrogens with one attached hydrogen (secondary N) is 1. The molecule has 0 saturated carbocycles. The highest BCUT2D eigenvalue weighted by molar-refractivity contribution is 5.91. The van der Waals surface area contributed by atoms with E-state index in [1.54, 1.807) is 11.0 Å². The van der Waals surface area contributed by atoms with Crippen molar-refractivity contribution >= 4 is 11.7 Å². The van der Waals surface area contributed by atoms with Crippen molar-refractivity contribution in [1.82, 2.24) is 19.8 Å². The lowest BCUT2D eigenvalue weighted by Gasteiger charge is -2.40. The van der Waals surface area contributed by atoms with Gasteiger partial charge in [0.25, 0.3) is 12.3 Å². The van der Waals surface area contributed by atoms with Crippen LogP contribution in [0.1, 0.15) is 74.9 Å². The first kappa shape index (κ1) is 21.8. The molecular weight excluding hydrogens is 404 g/mol. The molecule has 0 radical (unpaired) electrons. The number of hydrogen-bond donors (Lipinski definition) is 1. The molecule has 0 aliphatic carbocycles. The van der Waals surface area contributed by atoms with Gasteiger partial charge in [0.2, 0.25) is 5.76 Å². The van der Waals surface area contributed by atoms with Crippen molar-refractivity contribution in [2.45, 2.75) is 77.3 Å². The van der Waals surface area contributed by atoms with Crippen molar-refractivity contribution in [2.75, 3.05) is 18.4 Å². The highest BCUT2D eigenvalue weighted by Gasteiger charge is 2.40. The quantitative estimate of drug-likeness (QED) is 0.776. The van der Waals surface area contributed by atoms with E-state index in [9.17, 15) is 13.6 Å². The first-order valence-electron chi connectivity index (χ1n) is 11.1. The predicted molar refractivity (Wildman–Crippen MR) is 113 cm³/mol. The van der Waals surface area contributed by atoms with Crippen LogP contribution in [0.5, 0.6) is 0 Å². The average Bonchev–Trinajstić information content (AvgIpc) is 3.39. The Bertz CT molecular complexity index is 933. The summed E-state index contributed by atoms with van der Waals surface area (Å²) in [7, 11) is 0. The van der Waals surface area contributed by atoms with Crippen LogP contribution < -0.4 is 5.32 Å². The smallest absolute Gasteiger partial charge is 0.292 e. The maximum absolute atomic E-state index is 13.9. The molecule has 170 valence electrons. The normalized spacial score (nSPS) is 24.2. The van der Waals surface area contributed by atoms with Crippen molar-refractivity contribution < 1.29 is 18.1 Å². The fraction of sp³-hybridized carbons (Fsp3) is 0.682. The van der Waals surface area contributed by atoms with Gasteiger partial charge in [-0.2, -0.15) is 5.10 Å². The van der Waals surface area contributed by atoms with Gasteiger partial charge in [-0.15, -0.1) is 0 Å². The van der Waals surface area contributed by atoms with Crippen LogP contribution in [0.2, 0.25) is 0 Å². The number of amides is 1. The summed E-state index contributed by atoms with van der Waals surface area (Å²) in [4.78, 5) is 14.6. The number of piperidine rings is 1. The minimum Gasteiger partial charge on any atom is -0.367 e. The molecule has 3 atom stereocenters. The summed E-state index contributed by atoms with van der Waals surface area (Å²) < 4.78 is 34.5. The number of nitrogens with zero attached hydrogens (tertiary/aromatic N) is 4. The molecule has 9 heteroatoms. The number of halogens is 2. The van der Waals surface area contributed by atoms with E-state index in [2.05, 4.69) is 15.6 Å². The Balaban J connectivity index is 1.52. The van der Waals surface area contributed by atoms with E-state index < -0.39 is 12.5 Å². The number of carbonyl (C=O) groups is 1. The summed E-state index contributed by atoms with van der Waals surface area (Å²) in [6.45, 7) is 9.16. The third-order valence-corrected chi connectivity index (χ3v) is 6.38. The van der Waals surface area contributed by atoms with Gasteiger partial charge in [-0.3, -0.25) is 4.79 Å². The average molecular weight is 436 g/mol. The molecule has 2 aromatic heterocycles. The number of alkyl halides is 2. The van der Waals surface area contributed by atoms with Gasteiger partial charge >= 0.3 is 0 Å². The third kappa shape index (κ3) is 4.32. The Hall–Kier alpha value is -2.45. The zero-order chi connectivity index (χ0) is 22.3. The van der Waals surface area contributed by atoms with Gasteiger partial charge in [0, 0.05) is 36.7 Å². The molecule has 1 saturated heterocycles. The molecule has 0 unspecified atom stereocenters. The molecule has 4 heterocycles. The molecule has 1 fully saturated rings. The van der Waals surface area contributed by atoms with Crippen LogP contribution in [-0.4, -0.2) is 51.3 Å². The number of hydrogen-bond acceptors (Lipinski definition) is 5. The van der Waals surface area contributed by atoms with Crippen molar-refractivity contribution in [1.29, 1.82) is 0 Å². The first-order valence-corrected chi connectivity index (χ1v) is 11.1. The fourth-order valence-electron chi connectivity index (χ4n) is 4.51. The van der Waals surface area contributed by atoms with Gasteiger partial charge in [-0.05, 0) is 31.6 Å². The second kappa shape index (κ2) is 8.24. The lowest BCUT2D eigenvalue weighted by atomic mass is 9.85. The molecule has 0 aromatic carbocycles. The number of fused-ring (bicyclic) bond motifs is 1. The molecule has 1 N–H and O–H groups in total. The van der Waals surface area contributed by atoms with E-state index in [1.165, 1.54) is 4.68 Å². The lowest BCUT2D eigenvalue weighted by molar-refractivity contribution is 0.0488. The Kier molecular flexibility index (Phi) is 5.79. The van der Waals surface area contributed by atoms with Crippen LogP contribution in [0.25, 0.3) is 0 Å². The summed E-state index contributed by atoms with van der Waals surface area (Å²) in [5.41, 5.74) is 1.31. The van der Waals surface area contributed by atoms with Gasteiger partial charge in [-0.25, -0.2) is 13.5 Å². The van der Waals surface area contributed by atoms with Gasteiger partial charge in [-0.1, -0.05) is 32.9 Å². The molecular formula is C22H31F2N5O2. The highest BCUT2D eigenvalue weighted by atomic mass is 19.3. The number of carbonyl (C=O) groups excluding carboxylic acids is 1. The van der Waals surface area contributed by atoms with Crippen LogP contribution in [0.3, 0.4) is 0 Å². The third-order valence-electron chi connectivity index (χ3n) is 6.38. The van der Waals surface area contributed by atoms with Gasteiger partial charge in [0.15, 0.2) is 0 Å². The number of anilines is 1. The molecule has 0 spiro atoms. The molecule has 7 nitrogen and oxygen atoms in total. The molecule has 4 rings (SSSR count). The second-order valence-corrected chi connectivity index (χ2v) is 9.69. The van der Waals surface area contributed by atoms with Crippen LogP contribution in [0.4, 0.5) is 14.6 Å². The minimum atomic E-state index is -2.50. The van der Waals surface area contributed by atoms with Crippen molar-refractivity contribution in [3.8, 4) is 0 Å². The Morgan fingerprint density at radius 3 is 2.77 bits per heavy atom. The standard InChI is InChI=1S/C22H31F2N5O2/c1-5-14-9-17(31-27-14)21(30)28-8-6-7-13(12-28)15-10-16(20(23)24)29-19(25-15)11-18(26-29)22(2,3)4/h9,11,13,15-16,20,25H,5-8,10,12H2,1-4H3/t13-,15-,16+/m0/s1. The predicted octanol–water partition coefficient (Wildman–Crippen LogP) is 4.27. The first-order chi connectivity index (χ1) is 14.7. The van der Waals surface area contributed by atoms with E-state index in [0.717, 1.165) is 24.2 Å². The topological polar surface area (TPSA) is 76.2 Å². The Labute approximate surface area is 181 Å². The maximum atomic E-state index is 13.9. The maximum Gasteiger partial charge on any atom is 0.292 e. The second-order valence-electron chi connectivity index (χ2n) is 9.69. The van der Waals surface area contributed by atoms with Crippen molar-refractivity contribution in [3.05, 3.63) is 29.3 Å².